The summed E-state index contributed by atoms with van der Waals surface area (Å²) in [5.41, 5.74) is 2.04. The lowest BCUT2D eigenvalue weighted by atomic mass is 10.0. The number of nitrogens with one attached hydrogen (secondary N) is 1. The summed E-state index contributed by atoms with van der Waals surface area (Å²) in [5.74, 6) is 2.40. The van der Waals surface area contributed by atoms with Gasteiger partial charge in [-0.3, -0.25) is 4.98 Å². The minimum atomic E-state index is -0.307. The van der Waals surface area contributed by atoms with Crippen molar-refractivity contribution in [1.29, 1.82) is 0 Å². The molecule has 7 heteroatoms. The molecule has 1 aliphatic heterocycles. The van der Waals surface area contributed by atoms with Gasteiger partial charge < -0.3 is 19.7 Å². The quantitative estimate of drug-likeness (QED) is 0.884. The molecule has 2 aromatic rings. The summed E-state index contributed by atoms with van der Waals surface area (Å²) < 4.78 is 7.59. The molecule has 2 aromatic heterocycles. The van der Waals surface area contributed by atoms with E-state index in [-0.39, 0.29) is 17.9 Å². The highest BCUT2D eigenvalue weighted by Crippen LogP contribution is 2.38. The van der Waals surface area contributed by atoms with Gasteiger partial charge in [0.25, 0.3) is 0 Å². The van der Waals surface area contributed by atoms with Crippen LogP contribution in [0.15, 0.2) is 18.3 Å². The van der Waals surface area contributed by atoms with Crippen LogP contribution in [0.3, 0.4) is 0 Å². The first-order valence-corrected chi connectivity index (χ1v) is 8.55. The molecule has 1 saturated carbocycles. The Morgan fingerprint density at radius 1 is 1.38 bits per heavy atom. The van der Waals surface area contributed by atoms with Crippen LogP contribution in [-0.2, 0) is 17.9 Å². The van der Waals surface area contributed by atoms with Gasteiger partial charge >= 0.3 is 0 Å². The first-order valence-electron chi connectivity index (χ1n) is 8.55. The molecule has 0 radical (unpaired) electrons. The van der Waals surface area contributed by atoms with Crippen molar-refractivity contribution >= 4 is 5.69 Å². The van der Waals surface area contributed by atoms with E-state index in [2.05, 4.69) is 25.1 Å². The van der Waals surface area contributed by atoms with E-state index in [0.717, 1.165) is 49.0 Å². The Kier molecular flexibility index (Phi) is 4.20. The molecule has 0 aromatic carbocycles. The van der Waals surface area contributed by atoms with Crippen molar-refractivity contribution in [2.45, 2.75) is 44.9 Å². The van der Waals surface area contributed by atoms with Crippen LogP contribution in [-0.4, -0.2) is 44.1 Å². The number of hydrogen-bond acceptors (Lipinski definition) is 6. The smallest absolute Gasteiger partial charge is 0.159 e. The number of ether oxygens (including phenoxy) is 1. The lowest BCUT2D eigenvalue weighted by Gasteiger charge is -2.18. The lowest BCUT2D eigenvalue weighted by molar-refractivity contribution is 0.0801. The second-order valence-corrected chi connectivity index (χ2v) is 6.74. The van der Waals surface area contributed by atoms with Gasteiger partial charge in [-0.05, 0) is 31.9 Å². The van der Waals surface area contributed by atoms with Crippen LogP contribution in [0.4, 0.5) is 5.69 Å². The first-order chi connectivity index (χ1) is 11.7. The van der Waals surface area contributed by atoms with E-state index in [1.54, 1.807) is 6.20 Å². The minimum Gasteiger partial charge on any atom is -0.393 e. The molecule has 4 rings (SSSR count). The van der Waals surface area contributed by atoms with Crippen LogP contribution in [0.2, 0.25) is 0 Å². The molecule has 3 heterocycles. The summed E-state index contributed by atoms with van der Waals surface area (Å²) in [6, 6.07) is 3.98. The molecule has 0 saturated heterocycles. The molecular formula is C17H23N5O2. The Bertz CT molecular complexity index is 717. The monoisotopic (exact) mass is 329 g/mol. The van der Waals surface area contributed by atoms with Crippen LogP contribution in [0.25, 0.3) is 0 Å². The molecule has 0 bridgehead atoms. The average molecular weight is 329 g/mol. The van der Waals surface area contributed by atoms with E-state index in [4.69, 9.17) is 4.74 Å². The zero-order valence-electron chi connectivity index (χ0n) is 13.9. The molecule has 1 fully saturated rings. The molecule has 2 aliphatic rings. The van der Waals surface area contributed by atoms with Gasteiger partial charge in [-0.2, -0.15) is 0 Å². The number of aliphatic hydroxyl groups excluding tert-OH is 1. The molecule has 0 spiro atoms. The van der Waals surface area contributed by atoms with Gasteiger partial charge in [-0.1, -0.05) is 0 Å². The fourth-order valence-corrected chi connectivity index (χ4v) is 3.76. The highest BCUT2D eigenvalue weighted by atomic mass is 16.5. The summed E-state index contributed by atoms with van der Waals surface area (Å²) in [5, 5.41) is 22.5. The van der Waals surface area contributed by atoms with Crippen molar-refractivity contribution in [3.05, 3.63) is 35.7 Å². The van der Waals surface area contributed by atoms with E-state index in [9.17, 15) is 5.11 Å². The van der Waals surface area contributed by atoms with Gasteiger partial charge in [0, 0.05) is 42.5 Å². The van der Waals surface area contributed by atoms with Gasteiger partial charge in [0.15, 0.2) is 5.82 Å². The van der Waals surface area contributed by atoms with Crippen molar-refractivity contribution in [3.63, 3.8) is 0 Å². The predicted molar refractivity (Wildman–Crippen MR) is 88.6 cm³/mol. The van der Waals surface area contributed by atoms with E-state index >= 15 is 0 Å². The number of aliphatic hydroxyl groups is 1. The largest absolute Gasteiger partial charge is 0.393 e. The van der Waals surface area contributed by atoms with E-state index in [0.29, 0.717) is 13.2 Å². The summed E-state index contributed by atoms with van der Waals surface area (Å²) in [6.07, 6.45) is 3.17. The van der Waals surface area contributed by atoms with Crippen LogP contribution >= 0.6 is 0 Å². The molecule has 3 atom stereocenters. The molecule has 2 N–H and O–H groups in total. The third kappa shape index (κ3) is 3.01. The van der Waals surface area contributed by atoms with Gasteiger partial charge in [-0.25, -0.2) is 0 Å². The molecule has 128 valence electrons. The van der Waals surface area contributed by atoms with Crippen molar-refractivity contribution in [1.82, 2.24) is 19.7 Å². The third-order valence-corrected chi connectivity index (χ3v) is 5.03. The highest BCUT2D eigenvalue weighted by Gasteiger charge is 2.37. The van der Waals surface area contributed by atoms with E-state index in [1.165, 1.54) is 0 Å². The fraction of sp³-hybridized carbons (Fsp3) is 0.588. The van der Waals surface area contributed by atoms with Crippen molar-refractivity contribution in [3.8, 4) is 0 Å². The third-order valence-electron chi connectivity index (χ3n) is 5.03. The number of aryl methyl sites for hydroxylation is 1. The maximum absolute atomic E-state index is 10.5. The maximum Gasteiger partial charge on any atom is 0.159 e. The SMILES string of the molecule is Cc1cc(NC[C@H]2C[C@H](c3nnc4n3CCOC4)C[C@H]2O)ccn1. The number of rotatable bonds is 4. The summed E-state index contributed by atoms with van der Waals surface area (Å²) in [7, 11) is 0. The van der Waals surface area contributed by atoms with Gasteiger partial charge in [-0.15, -0.1) is 10.2 Å². The number of pyridine rings is 1. The second-order valence-electron chi connectivity index (χ2n) is 6.74. The Labute approximate surface area is 141 Å². The Morgan fingerprint density at radius 3 is 3.17 bits per heavy atom. The second kappa shape index (κ2) is 6.49. The van der Waals surface area contributed by atoms with Crippen LogP contribution in [0.1, 0.15) is 36.1 Å². The minimum absolute atomic E-state index is 0.219. The zero-order chi connectivity index (χ0) is 16.5. The number of anilines is 1. The standard InChI is InChI=1S/C17H23N5O2/c1-11-6-14(2-3-18-11)19-9-13-7-12(8-15(13)23)17-21-20-16-10-24-5-4-22(16)17/h2-3,6,12-13,15,23H,4-5,7-10H2,1H3,(H,18,19)/t12-,13+,15+/m0/s1. The molecule has 0 amide bonds. The summed E-state index contributed by atoms with van der Waals surface area (Å²) >= 11 is 0. The number of hydrogen-bond donors (Lipinski definition) is 2. The Hall–Kier alpha value is -1.99. The lowest BCUT2D eigenvalue weighted by Crippen LogP contribution is -2.21. The molecule has 24 heavy (non-hydrogen) atoms. The van der Waals surface area contributed by atoms with Crippen LogP contribution in [0.5, 0.6) is 0 Å². The van der Waals surface area contributed by atoms with Crippen LogP contribution in [0, 0.1) is 12.8 Å². The van der Waals surface area contributed by atoms with Crippen molar-refractivity contribution < 1.29 is 9.84 Å². The van der Waals surface area contributed by atoms with Gasteiger partial charge in [0.1, 0.15) is 12.4 Å². The van der Waals surface area contributed by atoms with Gasteiger partial charge in [0.2, 0.25) is 0 Å². The van der Waals surface area contributed by atoms with Gasteiger partial charge in [0.05, 0.1) is 12.7 Å². The fourth-order valence-electron chi connectivity index (χ4n) is 3.76. The van der Waals surface area contributed by atoms with Crippen LogP contribution < -0.4 is 5.32 Å². The Morgan fingerprint density at radius 2 is 2.29 bits per heavy atom. The number of nitrogens with zero attached hydrogens (tertiary/aromatic N) is 4. The molecule has 0 unspecified atom stereocenters. The van der Waals surface area contributed by atoms with E-state index < -0.39 is 0 Å². The van der Waals surface area contributed by atoms with Crippen molar-refractivity contribution in [2.24, 2.45) is 5.92 Å². The number of fused-ring (bicyclic) bond motifs is 1. The maximum atomic E-state index is 10.5. The normalized spacial score (nSPS) is 26.3. The predicted octanol–water partition coefficient (Wildman–Crippen LogP) is 1.48. The molecule has 7 nitrogen and oxygen atoms in total. The first kappa shape index (κ1) is 15.5. The van der Waals surface area contributed by atoms with Crippen molar-refractivity contribution in [2.75, 3.05) is 18.5 Å². The Balaban J connectivity index is 1.41. The molecule has 1 aliphatic carbocycles. The summed E-state index contributed by atoms with van der Waals surface area (Å²) in [4.78, 5) is 4.20. The highest BCUT2D eigenvalue weighted by molar-refractivity contribution is 5.43. The average Bonchev–Trinajstić information content (AvgIpc) is 3.16. The number of aromatic nitrogens is 4. The topological polar surface area (TPSA) is 85.1 Å². The molecular weight excluding hydrogens is 306 g/mol. The zero-order valence-corrected chi connectivity index (χ0v) is 13.9. The van der Waals surface area contributed by atoms with E-state index in [1.807, 2.05) is 19.1 Å². The summed E-state index contributed by atoms with van der Waals surface area (Å²) in [6.45, 7) is 4.78.